The van der Waals surface area contributed by atoms with Crippen LogP contribution in [0.25, 0.3) is 6.08 Å². The molecular weight excluding hydrogens is 388 g/mol. The number of nitrogens with two attached hydrogens (primary N) is 1. The van der Waals surface area contributed by atoms with Crippen LogP contribution in [0, 0.1) is 13.8 Å². The molecule has 1 heterocycles. The molecule has 3 rings (SSSR count). The number of rotatable bonds is 8. The first kappa shape index (κ1) is 20.8. The van der Waals surface area contributed by atoms with Crippen molar-refractivity contribution in [1.29, 1.82) is 0 Å². The number of carbonyl (C=O) groups is 1. The van der Waals surface area contributed by atoms with Crippen LogP contribution in [0.1, 0.15) is 23.1 Å². The zero-order valence-electron chi connectivity index (χ0n) is 16.7. The molecule has 2 aromatic carbocycles. The lowest BCUT2D eigenvalue weighted by Gasteiger charge is -2.12. The van der Waals surface area contributed by atoms with Crippen molar-refractivity contribution in [3.8, 4) is 17.2 Å². The van der Waals surface area contributed by atoms with Gasteiger partial charge in [-0.25, -0.2) is 0 Å². The fourth-order valence-corrected chi connectivity index (χ4v) is 3.60. The quantitative estimate of drug-likeness (QED) is 0.519. The van der Waals surface area contributed by atoms with E-state index in [4.69, 9.17) is 19.9 Å². The summed E-state index contributed by atoms with van der Waals surface area (Å²) in [7, 11) is 1.58. The molecule has 2 aromatic rings. The summed E-state index contributed by atoms with van der Waals surface area (Å²) in [5, 5.41) is 0.260. The molecule has 0 radical (unpaired) electrons. The summed E-state index contributed by atoms with van der Waals surface area (Å²) in [5.41, 5.74) is 8.76. The molecular formula is C22H24N2O4S. The normalized spacial score (nSPS) is 14.8. The Morgan fingerprint density at radius 3 is 2.41 bits per heavy atom. The van der Waals surface area contributed by atoms with Crippen LogP contribution < -0.4 is 19.9 Å². The standard InChI is InChI=1S/C22H24N2O4S/c1-14-9-15(2)11-17(10-14)27-7-4-8-28-18-6-5-16(12-19(18)26-3)13-20-21(25)24-22(23)29-20/h5-6,9-13H,4,7-8H2,1-3H3,(H2,23,24,25)/b20-13+. The van der Waals surface area contributed by atoms with E-state index < -0.39 is 0 Å². The van der Waals surface area contributed by atoms with E-state index in [1.165, 1.54) is 11.1 Å². The minimum Gasteiger partial charge on any atom is -0.493 e. The largest absolute Gasteiger partial charge is 0.493 e. The summed E-state index contributed by atoms with van der Waals surface area (Å²) >= 11 is 1.16. The summed E-state index contributed by atoms with van der Waals surface area (Å²) in [6, 6.07) is 11.7. The predicted molar refractivity (Wildman–Crippen MR) is 117 cm³/mol. The van der Waals surface area contributed by atoms with Gasteiger partial charge in [0.1, 0.15) is 5.75 Å². The number of carbonyl (C=O) groups excluding carboxylic acids is 1. The van der Waals surface area contributed by atoms with Gasteiger partial charge < -0.3 is 19.9 Å². The Morgan fingerprint density at radius 2 is 1.76 bits per heavy atom. The minimum absolute atomic E-state index is 0.260. The summed E-state index contributed by atoms with van der Waals surface area (Å²) in [6.45, 7) is 5.17. The van der Waals surface area contributed by atoms with Crippen LogP contribution in [0.3, 0.4) is 0 Å². The second kappa shape index (κ2) is 9.52. The van der Waals surface area contributed by atoms with Crippen molar-refractivity contribution >= 4 is 28.9 Å². The molecule has 0 saturated heterocycles. The molecule has 0 saturated carbocycles. The number of hydrogen-bond donors (Lipinski definition) is 1. The van der Waals surface area contributed by atoms with Gasteiger partial charge in [0.15, 0.2) is 16.7 Å². The second-order valence-corrected chi connectivity index (χ2v) is 7.71. The Kier molecular flexibility index (Phi) is 6.82. The molecule has 29 heavy (non-hydrogen) atoms. The van der Waals surface area contributed by atoms with Crippen molar-refractivity contribution in [2.75, 3.05) is 20.3 Å². The van der Waals surface area contributed by atoms with Crippen LogP contribution in [-0.4, -0.2) is 31.4 Å². The monoisotopic (exact) mass is 412 g/mol. The van der Waals surface area contributed by atoms with Gasteiger partial charge in [-0.05, 0) is 72.6 Å². The first-order chi connectivity index (χ1) is 13.9. The molecule has 0 spiro atoms. The van der Waals surface area contributed by atoms with Crippen molar-refractivity contribution in [3.63, 3.8) is 0 Å². The highest BCUT2D eigenvalue weighted by atomic mass is 32.2. The zero-order valence-corrected chi connectivity index (χ0v) is 17.5. The maximum Gasteiger partial charge on any atom is 0.286 e. The van der Waals surface area contributed by atoms with Gasteiger partial charge in [0.25, 0.3) is 5.91 Å². The summed E-state index contributed by atoms with van der Waals surface area (Å²) in [4.78, 5) is 15.9. The molecule has 2 N–H and O–H groups in total. The first-order valence-corrected chi connectivity index (χ1v) is 10.1. The van der Waals surface area contributed by atoms with Gasteiger partial charge in [-0.15, -0.1) is 0 Å². The summed E-state index contributed by atoms with van der Waals surface area (Å²) in [6.07, 6.45) is 2.48. The molecule has 0 unspecified atom stereocenters. The lowest BCUT2D eigenvalue weighted by atomic mass is 10.1. The van der Waals surface area contributed by atoms with Crippen molar-refractivity contribution in [3.05, 3.63) is 58.0 Å². The molecule has 0 aliphatic carbocycles. The van der Waals surface area contributed by atoms with Gasteiger partial charge in [0, 0.05) is 6.42 Å². The number of ether oxygens (including phenoxy) is 3. The highest BCUT2D eigenvalue weighted by Gasteiger charge is 2.19. The fourth-order valence-electron chi connectivity index (χ4n) is 2.92. The van der Waals surface area contributed by atoms with Gasteiger partial charge in [0.2, 0.25) is 0 Å². The Bertz CT molecular complexity index is 949. The number of benzene rings is 2. The second-order valence-electron chi connectivity index (χ2n) is 6.65. The number of methoxy groups -OCH3 is 1. The molecule has 7 heteroatoms. The van der Waals surface area contributed by atoms with Crippen molar-refractivity contribution in [1.82, 2.24) is 0 Å². The molecule has 1 amide bonds. The van der Waals surface area contributed by atoms with Crippen molar-refractivity contribution in [2.24, 2.45) is 10.7 Å². The number of aliphatic imine (C=N–C) groups is 1. The SMILES string of the molecule is COc1cc(/C=C2/SC(N)=NC2=O)ccc1OCCCOc1cc(C)cc(C)c1. The molecule has 1 aliphatic heterocycles. The molecule has 152 valence electrons. The molecule has 6 nitrogen and oxygen atoms in total. The van der Waals surface area contributed by atoms with Crippen molar-refractivity contribution < 1.29 is 19.0 Å². The maximum absolute atomic E-state index is 11.7. The van der Waals surface area contributed by atoms with E-state index in [9.17, 15) is 4.79 Å². The Morgan fingerprint density at radius 1 is 1.03 bits per heavy atom. The van der Waals surface area contributed by atoms with E-state index in [1.54, 1.807) is 13.2 Å². The predicted octanol–water partition coefficient (Wildman–Crippen LogP) is 4.09. The number of aryl methyl sites for hydroxylation is 2. The van der Waals surface area contributed by atoms with Crippen LogP contribution in [0.5, 0.6) is 17.2 Å². The number of thioether (sulfide) groups is 1. The van der Waals surface area contributed by atoms with Crippen molar-refractivity contribution in [2.45, 2.75) is 20.3 Å². The highest BCUT2D eigenvalue weighted by molar-refractivity contribution is 8.18. The maximum atomic E-state index is 11.7. The third-order valence-electron chi connectivity index (χ3n) is 4.13. The molecule has 1 aliphatic rings. The smallest absolute Gasteiger partial charge is 0.286 e. The third-order valence-corrected chi connectivity index (χ3v) is 4.95. The van der Waals surface area contributed by atoms with E-state index in [0.717, 1.165) is 29.5 Å². The number of hydrogen-bond acceptors (Lipinski definition) is 6. The van der Waals surface area contributed by atoms with Gasteiger partial charge in [-0.1, -0.05) is 12.1 Å². The number of nitrogens with zero attached hydrogens (tertiary/aromatic N) is 1. The van der Waals surface area contributed by atoms with Crippen LogP contribution in [0.2, 0.25) is 0 Å². The average molecular weight is 413 g/mol. The number of amides is 1. The average Bonchev–Trinajstić information content (AvgIpc) is 2.98. The van der Waals surface area contributed by atoms with E-state index in [-0.39, 0.29) is 11.1 Å². The van der Waals surface area contributed by atoms with Gasteiger partial charge in [-0.2, -0.15) is 4.99 Å². The number of amidine groups is 1. The van der Waals surface area contributed by atoms with E-state index in [1.807, 2.05) is 30.3 Å². The van der Waals surface area contributed by atoms with Gasteiger partial charge >= 0.3 is 0 Å². The molecule has 0 atom stereocenters. The fraction of sp³-hybridized carbons (Fsp3) is 0.273. The van der Waals surface area contributed by atoms with Crippen LogP contribution in [-0.2, 0) is 4.79 Å². The van der Waals surface area contributed by atoms with E-state index >= 15 is 0 Å². The van der Waals surface area contributed by atoms with Crippen LogP contribution in [0.15, 0.2) is 46.3 Å². The summed E-state index contributed by atoms with van der Waals surface area (Å²) < 4.78 is 17.1. The Balaban J connectivity index is 1.53. The lowest BCUT2D eigenvalue weighted by Crippen LogP contribution is -2.06. The third kappa shape index (κ3) is 5.77. The van der Waals surface area contributed by atoms with E-state index in [2.05, 4.69) is 24.9 Å². The molecule has 0 bridgehead atoms. The summed E-state index contributed by atoms with van der Waals surface area (Å²) in [5.74, 6) is 1.79. The highest BCUT2D eigenvalue weighted by Crippen LogP contribution is 2.31. The topological polar surface area (TPSA) is 83.1 Å². The Labute approximate surface area is 174 Å². The van der Waals surface area contributed by atoms with Gasteiger partial charge in [-0.3, -0.25) is 4.79 Å². The van der Waals surface area contributed by atoms with Crippen LogP contribution >= 0.6 is 11.8 Å². The van der Waals surface area contributed by atoms with Gasteiger partial charge in [0.05, 0.1) is 25.2 Å². The van der Waals surface area contributed by atoms with Crippen LogP contribution in [0.4, 0.5) is 0 Å². The Hall–Kier alpha value is -2.93. The zero-order chi connectivity index (χ0) is 20.8. The van der Waals surface area contributed by atoms with E-state index in [0.29, 0.717) is 29.6 Å². The molecule has 0 aromatic heterocycles. The first-order valence-electron chi connectivity index (χ1n) is 9.24. The minimum atomic E-state index is -0.324. The lowest BCUT2D eigenvalue weighted by molar-refractivity contribution is -0.113. The molecule has 0 fully saturated rings.